The smallest absolute Gasteiger partial charge is 0.248 e. The number of benzene rings is 2. The Morgan fingerprint density at radius 2 is 1.67 bits per heavy atom. The van der Waals surface area contributed by atoms with Gasteiger partial charge in [-0.2, -0.15) is 0 Å². The van der Waals surface area contributed by atoms with Crippen LogP contribution >= 0.6 is 0 Å². The molecule has 1 N–H and O–H groups in total. The molecule has 1 amide bonds. The Bertz CT molecular complexity index is 954. The number of hydrogen-bond donors (Lipinski definition) is 1. The highest BCUT2D eigenvalue weighted by atomic mass is 32.2. The maximum absolute atomic E-state index is 12.9. The summed E-state index contributed by atoms with van der Waals surface area (Å²) < 4.78 is 31.4. The number of ether oxygens (including phenoxy) is 1. The Hall–Kier alpha value is -2.54. The molecule has 0 aliphatic rings. The molecule has 0 unspecified atom stereocenters. The van der Waals surface area contributed by atoms with E-state index in [1.807, 2.05) is 39.0 Å². The molecule has 7 heteroatoms. The third-order valence-electron chi connectivity index (χ3n) is 4.30. The molecule has 0 saturated carbocycles. The first-order valence-corrected chi connectivity index (χ1v) is 10.4. The first kappa shape index (κ1) is 20.8. The number of amides is 1. The highest BCUT2D eigenvalue weighted by Crippen LogP contribution is 2.29. The molecule has 0 spiro atoms. The minimum atomic E-state index is -3.68. The summed E-state index contributed by atoms with van der Waals surface area (Å²) in [5, 5.41) is 2.79. The van der Waals surface area contributed by atoms with Crippen LogP contribution in [-0.2, 0) is 14.8 Å². The van der Waals surface area contributed by atoms with Gasteiger partial charge in [-0.15, -0.1) is 0 Å². The topological polar surface area (TPSA) is 75.7 Å². The summed E-state index contributed by atoms with van der Waals surface area (Å²) in [5.41, 5.74) is 3.64. The zero-order chi connectivity index (χ0) is 20.4. The number of carbonyl (C=O) groups is 1. The van der Waals surface area contributed by atoms with Gasteiger partial charge in [-0.3, -0.25) is 9.10 Å². The van der Waals surface area contributed by atoms with Crippen LogP contribution in [0.5, 0.6) is 5.75 Å². The van der Waals surface area contributed by atoms with Crippen LogP contribution in [0, 0.1) is 20.8 Å². The zero-order valence-corrected chi connectivity index (χ0v) is 17.3. The zero-order valence-electron chi connectivity index (χ0n) is 16.5. The number of methoxy groups -OCH3 is 1. The molecule has 0 radical (unpaired) electrons. The molecular formula is C20H26N2O4S. The van der Waals surface area contributed by atoms with Gasteiger partial charge in [-0.05, 0) is 62.6 Å². The predicted octanol–water partition coefficient (Wildman–Crippen LogP) is 3.41. The third kappa shape index (κ3) is 4.80. The van der Waals surface area contributed by atoms with Gasteiger partial charge in [0, 0.05) is 0 Å². The van der Waals surface area contributed by atoms with E-state index in [0.29, 0.717) is 17.1 Å². The van der Waals surface area contributed by atoms with Crippen LogP contribution in [0.2, 0.25) is 0 Å². The van der Waals surface area contributed by atoms with Crippen LogP contribution < -0.4 is 14.4 Å². The van der Waals surface area contributed by atoms with Crippen molar-refractivity contribution in [3.8, 4) is 5.75 Å². The van der Waals surface area contributed by atoms with E-state index in [9.17, 15) is 13.2 Å². The van der Waals surface area contributed by atoms with E-state index in [4.69, 9.17) is 4.74 Å². The van der Waals surface area contributed by atoms with Crippen LogP contribution in [0.3, 0.4) is 0 Å². The van der Waals surface area contributed by atoms with Crippen molar-refractivity contribution in [3.63, 3.8) is 0 Å². The number of rotatable bonds is 6. The lowest BCUT2D eigenvalue weighted by atomic mass is 10.1. The summed E-state index contributed by atoms with van der Waals surface area (Å²) in [5.74, 6) is 0.0732. The highest BCUT2D eigenvalue weighted by Gasteiger charge is 2.30. The Morgan fingerprint density at radius 1 is 1.07 bits per heavy atom. The molecular weight excluding hydrogens is 364 g/mol. The number of nitrogens with zero attached hydrogens (tertiary/aromatic N) is 1. The fourth-order valence-corrected chi connectivity index (χ4v) is 4.12. The molecule has 2 rings (SSSR count). The maximum Gasteiger partial charge on any atom is 0.248 e. The Labute approximate surface area is 161 Å². The molecule has 0 heterocycles. The van der Waals surface area contributed by atoms with Crippen LogP contribution in [0.15, 0.2) is 36.4 Å². The largest absolute Gasteiger partial charge is 0.495 e. The second kappa shape index (κ2) is 8.00. The van der Waals surface area contributed by atoms with Crippen LogP contribution in [-0.4, -0.2) is 33.7 Å². The Kier molecular flexibility index (Phi) is 6.15. The van der Waals surface area contributed by atoms with Gasteiger partial charge in [0.1, 0.15) is 11.8 Å². The molecule has 2 aromatic carbocycles. The molecule has 146 valence electrons. The van der Waals surface area contributed by atoms with Crippen LogP contribution in [0.4, 0.5) is 11.4 Å². The van der Waals surface area contributed by atoms with Gasteiger partial charge in [-0.25, -0.2) is 8.42 Å². The lowest BCUT2D eigenvalue weighted by Crippen LogP contribution is -2.45. The van der Waals surface area contributed by atoms with E-state index in [0.717, 1.165) is 27.3 Å². The van der Waals surface area contributed by atoms with Crippen molar-refractivity contribution in [3.05, 3.63) is 53.1 Å². The second-order valence-electron chi connectivity index (χ2n) is 6.72. The van der Waals surface area contributed by atoms with Crippen LogP contribution in [0.1, 0.15) is 23.6 Å². The third-order valence-corrected chi connectivity index (χ3v) is 5.53. The van der Waals surface area contributed by atoms with E-state index in [1.165, 1.54) is 7.11 Å². The summed E-state index contributed by atoms with van der Waals surface area (Å²) in [7, 11) is -2.16. The highest BCUT2D eigenvalue weighted by molar-refractivity contribution is 7.92. The van der Waals surface area contributed by atoms with Gasteiger partial charge in [0.2, 0.25) is 15.9 Å². The van der Waals surface area contributed by atoms with E-state index in [2.05, 4.69) is 5.32 Å². The van der Waals surface area contributed by atoms with E-state index in [-0.39, 0.29) is 0 Å². The number of hydrogen-bond acceptors (Lipinski definition) is 4. The minimum absolute atomic E-state index is 0.440. The number of sulfonamides is 1. The van der Waals surface area contributed by atoms with Gasteiger partial charge in [0.15, 0.2) is 0 Å². The normalized spacial score (nSPS) is 12.4. The van der Waals surface area contributed by atoms with Gasteiger partial charge in [0.05, 0.1) is 24.7 Å². The molecule has 0 saturated heterocycles. The van der Waals surface area contributed by atoms with Crippen LogP contribution in [0.25, 0.3) is 0 Å². The average Bonchev–Trinajstić information content (AvgIpc) is 2.57. The van der Waals surface area contributed by atoms with E-state index < -0.39 is 22.0 Å². The van der Waals surface area contributed by atoms with E-state index >= 15 is 0 Å². The van der Waals surface area contributed by atoms with Crippen molar-refractivity contribution in [2.75, 3.05) is 23.0 Å². The molecule has 2 aromatic rings. The van der Waals surface area contributed by atoms with Crippen molar-refractivity contribution < 1.29 is 17.9 Å². The van der Waals surface area contributed by atoms with Crippen molar-refractivity contribution in [2.24, 2.45) is 0 Å². The lowest BCUT2D eigenvalue weighted by molar-refractivity contribution is -0.116. The molecule has 0 bridgehead atoms. The number of carbonyl (C=O) groups excluding carboxylic acids is 1. The SMILES string of the molecule is COc1ccc(C)cc1NC(=O)[C@@H](C)N(c1cc(C)ccc1C)S(C)(=O)=O. The monoisotopic (exact) mass is 390 g/mol. The predicted molar refractivity (Wildman–Crippen MR) is 109 cm³/mol. The van der Waals surface area contributed by atoms with Gasteiger partial charge >= 0.3 is 0 Å². The second-order valence-corrected chi connectivity index (χ2v) is 8.58. The van der Waals surface area contributed by atoms with Crippen molar-refractivity contribution >= 4 is 27.3 Å². The lowest BCUT2D eigenvalue weighted by Gasteiger charge is -2.30. The standard InChI is InChI=1S/C20H26N2O4S/c1-13-8-10-19(26-5)17(11-13)21-20(23)16(4)22(27(6,24)25)18-12-14(2)7-9-15(18)3/h7-12,16H,1-6H3,(H,21,23)/t16-/m1/s1. The number of aryl methyl sites for hydroxylation is 3. The first-order valence-electron chi connectivity index (χ1n) is 8.56. The molecule has 0 aliphatic heterocycles. The number of nitrogens with one attached hydrogen (secondary N) is 1. The average molecular weight is 391 g/mol. The Balaban J connectivity index is 2.42. The Morgan fingerprint density at radius 3 is 2.26 bits per heavy atom. The molecule has 27 heavy (non-hydrogen) atoms. The molecule has 0 aromatic heterocycles. The fraction of sp³-hybridized carbons (Fsp3) is 0.350. The summed E-state index contributed by atoms with van der Waals surface area (Å²) in [6.45, 7) is 7.17. The van der Waals surface area contributed by atoms with Gasteiger partial charge < -0.3 is 10.1 Å². The van der Waals surface area contributed by atoms with Crippen molar-refractivity contribution in [1.82, 2.24) is 0 Å². The van der Waals surface area contributed by atoms with E-state index in [1.54, 1.807) is 25.1 Å². The first-order chi connectivity index (χ1) is 12.5. The van der Waals surface area contributed by atoms with Crippen molar-refractivity contribution in [1.29, 1.82) is 0 Å². The molecule has 6 nitrogen and oxygen atoms in total. The van der Waals surface area contributed by atoms with Gasteiger partial charge in [-0.1, -0.05) is 18.2 Å². The quantitative estimate of drug-likeness (QED) is 0.820. The molecule has 0 fully saturated rings. The molecule has 1 atom stereocenters. The molecule has 0 aliphatic carbocycles. The van der Waals surface area contributed by atoms with Gasteiger partial charge in [0.25, 0.3) is 0 Å². The summed E-state index contributed by atoms with van der Waals surface area (Å²) in [4.78, 5) is 12.9. The number of anilines is 2. The summed E-state index contributed by atoms with van der Waals surface area (Å²) >= 11 is 0. The van der Waals surface area contributed by atoms with Crippen molar-refractivity contribution in [2.45, 2.75) is 33.7 Å². The summed E-state index contributed by atoms with van der Waals surface area (Å²) in [6.07, 6.45) is 1.10. The minimum Gasteiger partial charge on any atom is -0.495 e. The summed E-state index contributed by atoms with van der Waals surface area (Å²) in [6, 6.07) is 10.00. The fourth-order valence-electron chi connectivity index (χ4n) is 2.89. The maximum atomic E-state index is 12.9.